The van der Waals surface area contributed by atoms with Gasteiger partial charge >= 0.3 is 6.36 Å². The van der Waals surface area contributed by atoms with E-state index in [-0.39, 0.29) is 29.0 Å². The first-order valence-electron chi connectivity index (χ1n) is 15.0. The Morgan fingerprint density at radius 2 is 1.22 bits per heavy atom. The van der Waals surface area contributed by atoms with Gasteiger partial charge in [0.15, 0.2) is 11.6 Å². The average Bonchev–Trinajstić information content (AvgIpc) is 3.01. The summed E-state index contributed by atoms with van der Waals surface area (Å²) in [4.78, 5) is 41.7. The second kappa shape index (κ2) is 15.2. The van der Waals surface area contributed by atoms with E-state index in [4.69, 9.17) is 5.73 Å². The van der Waals surface area contributed by atoms with Crippen molar-refractivity contribution in [1.29, 1.82) is 0 Å². The number of ether oxygens (including phenoxy) is 1. The van der Waals surface area contributed by atoms with Crippen LogP contribution >= 0.6 is 0 Å². The number of piperidine rings is 2. The van der Waals surface area contributed by atoms with Crippen molar-refractivity contribution in [3.8, 4) is 5.75 Å². The third-order valence-corrected chi connectivity index (χ3v) is 8.10. The van der Waals surface area contributed by atoms with Crippen LogP contribution in [-0.2, 0) is 0 Å². The van der Waals surface area contributed by atoms with Crippen molar-refractivity contribution < 1.29 is 32.3 Å². The van der Waals surface area contributed by atoms with E-state index in [1.165, 1.54) is 12.1 Å². The summed E-state index contributed by atoms with van der Waals surface area (Å²) in [6.45, 7) is 3.78. The van der Waals surface area contributed by atoms with Gasteiger partial charge in [-0.3, -0.25) is 14.4 Å². The quantitative estimate of drug-likeness (QED) is 0.240. The minimum Gasteiger partial charge on any atom is -0.406 e. The third-order valence-electron chi connectivity index (χ3n) is 8.10. The fourth-order valence-corrected chi connectivity index (χ4v) is 5.47. The van der Waals surface area contributed by atoms with Crippen LogP contribution in [0.25, 0.3) is 0 Å². The van der Waals surface area contributed by atoms with E-state index in [0.29, 0.717) is 16.9 Å². The van der Waals surface area contributed by atoms with Gasteiger partial charge in [0.25, 0.3) is 5.91 Å². The van der Waals surface area contributed by atoms with Crippen LogP contribution in [0.1, 0.15) is 56.8 Å². The van der Waals surface area contributed by atoms with Gasteiger partial charge in [-0.1, -0.05) is 24.3 Å². The molecule has 240 valence electrons. The van der Waals surface area contributed by atoms with Gasteiger partial charge in [-0.05, 0) is 114 Å². The summed E-state index contributed by atoms with van der Waals surface area (Å²) in [6.07, 6.45) is -1.25. The van der Waals surface area contributed by atoms with Crippen molar-refractivity contribution in [2.24, 2.45) is 11.8 Å². The number of nitrogens with one attached hydrogen (secondary N) is 1. The summed E-state index contributed by atoms with van der Waals surface area (Å²) in [5.41, 5.74) is 8.27. The highest BCUT2D eigenvalue weighted by molar-refractivity contribution is 6.05. The Kier molecular flexibility index (Phi) is 11.4. The van der Waals surface area contributed by atoms with Crippen LogP contribution in [-0.4, -0.2) is 73.9 Å². The number of hydrogen-bond donors (Lipinski definition) is 2. The van der Waals surface area contributed by atoms with Crippen LogP contribution < -0.4 is 15.8 Å². The van der Waals surface area contributed by atoms with E-state index in [0.717, 1.165) is 69.6 Å². The van der Waals surface area contributed by atoms with Crippen LogP contribution in [0, 0.1) is 11.8 Å². The van der Waals surface area contributed by atoms with Crippen molar-refractivity contribution in [3.63, 3.8) is 0 Å². The molecule has 0 radical (unpaired) electrons. The number of likely N-dealkylation sites (tertiary alicyclic amines) is 2. The number of anilines is 2. The van der Waals surface area contributed by atoms with E-state index in [1.54, 1.807) is 30.3 Å². The molecular weight excluding hydrogens is 585 g/mol. The minimum absolute atomic E-state index is 0.0293. The molecule has 2 aliphatic rings. The highest BCUT2D eigenvalue weighted by Gasteiger charge is 2.31. The SMILES string of the molecule is CN1CCC(C(=O)c2cccc(N)c2)CC1.CN1CCC(C(=O)c2cccc(NC(=O)c3ccc(OC(F)(F)F)cc3)c2)CC1. The van der Waals surface area contributed by atoms with Crippen LogP contribution in [0.4, 0.5) is 24.5 Å². The lowest BCUT2D eigenvalue weighted by Gasteiger charge is -2.28. The van der Waals surface area contributed by atoms with Gasteiger partial charge in [0.2, 0.25) is 0 Å². The first-order valence-corrected chi connectivity index (χ1v) is 15.0. The van der Waals surface area contributed by atoms with Crippen molar-refractivity contribution in [2.75, 3.05) is 51.3 Å². The number of halogens is 3. The molecule has 11 heteroatoms. The largest absolute Gasteiger partial charge is 0.573 e. The molecule has 0 spiro atoms. The molecule has 2 saturated heterocycles. The number of alkyl halides is 3. The zero-order valence-electron chi connectivity index (χ0n) is 25.5. The maximum absolute atomic E-state index is 12.7. The van der Waals surface area contributed by atoms with E-state index in [2.05, 4.69) is 26.9 Å². The van der Waals surface area contributed by atoms with Gasteiger partial charge < -0.3 is 25.6 Å². The fourth-order valence-electron chi connectivity index (χ4n) is 5.47. The molecule has 0 saturated carbocycles. The fraction of sp³-hybridized carbons (Fsp3) is 0.382. The standard InChI is InChI=1S/C21H21F3N2O3.C13H18N2O/c1-26-11-9-14(10-12-26)19(27)16-3-2-4-17(13-16)25-20(28)15-5-7-18(8-6-15)29-21(22,23)24;1-15-7-5-10(6-8-15)13(16)11-3-2-4-12(14)9-11/h2-8,13-14H,9-12H2,1H3,(H,25,28);2-4,9-10H,5-8,14H2,1H3. The summed E-state index contributed by atoms with van der Waals surface area (Å²) in [5.74, 6) is -0.438. The summed E-state index contributed by atoms with van der Waals surface area (Å²) >= 11 is 0. The molecule has 3 N–H and O–H groups in total. The van der Waals surface area contributed by atoms with Crippen molar-refractivity contribution in [1.82, 2.24) is 9.80 Å². The number of rotatable bonds is 7. The lowest BCUT2D eigenvalue weighted by molar-refractivity contribution is -0.274. The first-order chi connectivity index (χ1) is 21.4. The molecule has 0 aromatic heterocycles. The molecule has 45 heavy (non-hydrogen) atoms. The number of nitrogens with zero attached hydrogens (tertiary/aromatic N) is 2. The molecule has 2 aliphatic heterocycles. The van der Waals surface area contributed by atoms with Crippen molar-refractivity contribution in [3.05, 3.63) is 89.5 Å². The molecule has 0 atom stereocenters. The summed E-state index contributed by atoms with van der Waals surface area (Å²) in [7, 11) is 4.12. The predicted molar refractivity (Wildman–Crippen MR) is 167 cm³/mol. The van der Waals surface area contributed by atoms with Crippen molar-refractivity contribution >= 4 is 28.8 Å². The lowest BCUT2D eigenvalue weighted by atomic mass is 9.89. The molecule has 3 aromatic carbocycles. The van der Waals surface area contributed by atoms with E-state index < -0.39 is 18.0 Å². The second-order valence-corrected chi connectivity index (χ2v) is 11.6. The van der Waals surface area contributed by atoms with Gasteiger partial charge in [-0.2, -0.15) is 0 Å². The molecule has 2 fully saturated rings. The Labute approximate surface area is 261 Å². The number of carbonyl (C=O) groups is 3. The first kappa shape index (κ1) is 33.7. The number of carbonyl (C=O) groups excluding carboxylic acids is 3. The zero-order valence-corrected chi connectivity index (χ0v) is 25.5. The van der Waals surface area contributed by atoms with E-state index in [9.17, 15) is 27.6 Å². The molecule has 3 aromatic rings. The van der Waals surface area contributed by atoms with Gasteiger partial charge in [0, 0.05) is 39.9 Å². The van der Waals surface area contributed by atoms with Gasteiger partial charge in [0.1, 0.15) is 5.75 Å². The molecular formula is C34H39F3N4O4. The number of nitrogens with two attached hydrogens (primary N) is 1. The topological polar surface area (TPSA) is 105 Å². The Morgan fingerprint density at radius 1 is 0.733 bits per heavy atom. The predicted octanol–water partition coefficient (Wildman–Crippen LogP) is 6.16. The second-order valence-electron chi connectivity index (χ2n) is 11.6. The smallest absolute Gasteiger partial charge is 0.406 e. The lowest BCUT2D eigenvalue weighted by Crippen LogP contribution is -2.33. The number of hydrogen-bond acceptors (Lipinski definition) is 7. The Morgan fingerprint density at radius 3 is 1.71 bits per heavy atom. The number of benzene rings is 3. The van der Waals surface area contributed by atoms with Crippen molar-refractivity contribution in [2.45, 2.75) is 32.0 Å². The highest BCUT2D eigenvalue weighted by atomic mass is 19.4. The normalized spacial score (nSPS) is 16.7. The van der Waals surface area contributed by atoms with E-state index >= 15 is 0 Å². The van der Waals surface area contributed by atoms with Gasteiger partial charge in [-0.25, -0.2) is 0 Å². The van der Waals surface area contributed by atoms with Crippen LogP contribution in [0.15, 0.2) is 72.8 Å². The molecule has 0 bridgehead atoms. The Bertz CT molecular complexity index is 1460. The third kappa shape index (κ3) is 10.2. The number of nitrogen functional groups attached to an aromatic ring is 1. The highest BCUT2D eigenvalue weighted by Crippen LogP contribution is 2.25. The molecule has 8 nitrogen and oxygen atoms in total. The number of ketones is 2. The molecule has 5 rings (SSSR count). The average molecular weight is 625 g/mol. The molecule has 0 aliphatic carbocycles. The Balaban J connectivity index is 0.000000242. The monoisotopic (exact) mass is 624 g/mol. The number of Topliss-reactive ketones (excluding diaryl/α,β-unsaturated/α-hetero) is 2. The summed E-state index contributed by atoms with van der Waals surface area (Å²) < 4.78 is 40.4. The van der Waals surface area contributed by atoms with E-state index in [1.807, 2.05) is 25.2 Å². The van der Waals surface area contributed by atoms with Crippen LogP contribution in [0.5, 0.6) is 5.75 Å². The summed E-state index contributed by atoms with van der Waals surface area (Å²) in [6, 6.07) is 18.6. The number of amides is 1. The maximum atomic E-state index is 12.7. The van der Waals surface area contributed by atoms with Gasteiger partial charge in [-0.15, -0.1) is 13.2 Å². The Hall–Kier alpha value is -4.22. The molecule has 0 unspecified atom stereocenters. The van der Waals surface area contributed by atoms with Gasteiger partial charge in [0.05, 0.1) is 0 Å². The van der Waals surface area contributed by atoms with Crippen LogP contribution in [0.3, 0.4) is 0 Å². The molecule has 1 amide bonds. The van der Waals surface area contributed by atoms with Crippen LogP contribution in [0.2, 0.25) is 0 Å². The zero-order chi connectivity index (χ0) is 32.6. The molecule has 2 heterocycles. The maximum Gasteiger partial charge on any atom is 0.573 e. The summed E-state index contributed by atoms with van der Waals surface area (Å²) in [5, 5.41) is 2.67. The minimum atomic E-state index is -4.79.